The molecule has 0 aromatic heterocycles. The lowest BCUT2D eigenvalue weighted by molar-refractivity contribution is -0.187. The van der Waals surface area contributed by atoms with Gasteiger partial charge in [0.05, 0.1) is 5.92 Å². The van der Waals surface area contributed by atoms with Crippen molar-refractivity contribution in [3.05, 3.63) is 35.4 Å². The van der Waals surface area contributed by atoms with Crippen molar-refractivity contribution < 1.29 is 22.0 Å². The summed E-state index contributed by atoms with van der Waals surface area (Å²) in [6, 6.07) is 3.06. The molecule has 0 aliphatic heterocycles. The molecule has 0 bridgehead atoms. The fraction of sp³-hybridized carbons (Fsp3) is 0.538. The van der Waals surface area contributed by atoms with Crippen LogP contribution in [0.3, 0.4) is 0 Å². The molecule has 1 aliphatic rings. The van der Waals surface area contributed by atoms with Crippen molar-refractivity contribution in [2.45, 2.75) is 37.4 Å². The first-order valence-electron chi connectivity index (χ1n) is 6.03. The van der Waals surface area contributed by atoms with E-state index < -0.39 is 29.3 Å². The average molecular weight is 279 g/mol. The molecule has 2 unspecified atom stereocenters. The Labute approximate surface area is 107 Å². The summed E-state index contributed by atoms with van der Waals surface area (Å²) in [5, 5.41) is 0. The lowest BCUT2D eigenvalue weighted by atomic mass is 9.72. The predicted octanol–water partition coefficient (Wildman–Crippen LogP) is 3.87. The Morgan fingerprint density at radius 2 is 1.84 bits per heavy atom. The molecule has 1 aliphatic carbocycles. The van der Waals surface area contributed by atoms with Crippen molar-refractivity contribution in [3.63, 3.8) is 0 Å². The predicted molar refractivity (Wildman–Crippen MR) is 60.2 cm³/mol. The van der Waals surface area contributed by atoms with Gasteiger partial charge in [-0.3, -0.25) is 0 Å². The van der Waals surface area contributed by atoms with E-state index in [1.54, 1.807) is 0 Å². The molecule has 0 spiro atoms. The number of hydrogen-bond donors (Lipinski definition) is 1. The number of benzene rings is 1. The molecule has 6 heteroatoms. The smallest absolute Gasteiger partial charge is 0.321 e. The SMILES string of the molecule is NC1(c2ccc(F)c(F)c2)CCCC(C(F)(F)F)C1. The third-order valence-electron chi connectivity index (χ3n) is 3.74. The van der Waals surface area contributed by atoms with Crippen molar-refractivity contribution in [3.8, 4) is 0 Å². The van der Waals surface area contributed by atoms with E-state index in [9.17, 15) is 22.0 Å². The summed E-state index contributed by atoms with van der Waals surface area (Å²) in [6.45, 7) is 0. The van der Waals surface area contributed by atoms with Gasteiger partial charge < -0.3 is 5.73 Å². The summed E-state index contributed by atoms with van der Waals surface area (Å²) in [5.41, 5.74) is 4.98. The Morgan fingerprint density at radius 1 is 1.16 bits per heavy atom. The van der Waals surface area contributed by atoms with Crippen LogP contribution in [0.25, 0.3) is 0 Å². The van der Waals surface area contributed by atoms with Gasteiger partial charge in [0.25, 0.3) is 0 Å². The molecule has 1 saturated carbocycles. The number of alkyl halides is 3. The quantitative estimate of drug-likeness (QED) is 0.776. The summed E-state index contributed by atoms with van der Waals surface area (Å²) < 4.78 is 64.3. The minimum absolute atomic E-state index is 0.0339. The summed E-state index contributed by atoms with van der Waals surface area (Å²) >= 11 is 0. The molecule has 1 fully saturated rings. The molecule has 0 saturated heterocycles. The highest BCUT2D eigenvalue weighted by atomic mass is 19.4. The topological polar surface area (TPSA) is 26.0 Å². The van der Waals surface area contributed by atoms with Gasteiger partial charge in [-0.1, -0.05) is 12.5 Å². The van der Waals surface area contributed by atoms with Gasteiger partial charge in [0.1, 0.15) is 0 Å². The highest BCUT2D eigenvalue weighted by Crippen LogP contribution is 2.44. The minimum atomic E-state index is -4.30. The maximum Gasteiger partial charge on any atom is 0.391 e. The Balaban J connectivity index is 2.28. The summed E-state index contributed by atoms with van der Waals surface area (Å²) in [4.78, 5) is 0. The van der Waals surface area contributed by atoms with E-state index in [1.165, 1.54) is 6.07 Å². The Morgan fingerprint density at radius 3 is 2.42 bits per heavy atom. The Kier molecular flexibility index (Phi) is 3.55. The van der Waals surface area contributed by atoms with Crippen LogP contribution in [0.15, 0.2) is 18.2 Å². The molecular formula is C13H14F5N. The van der Waals surface area contributed by atoms with Crippen LogP contribution < -0.4 is 5.73 Å². The van der Waals surface area contributed by atoms with Crippen molar-refractivity contribution in [2.75, 3.05) is 0 Å². The maximum absolute atomic E-state index is 13.2. The first-order chi connectivity index (χ1) is 8.72. The first-order valence-corrected chi connectivity index (χ1v) is 6.03. The molecular weight excluding hydrogens is 265 g/mol. The van der Waals surface area contributed by atoms with E-state index >= 15 is 0 Å². The van der Waals surface area contributed by atoms with Gasteiger partial charge in [0, 0.05) is 5.54 Å². The fourth-order valence-corrected chi connectivity index (χ4v) is 2.66. The normalized spacial score (nSPS) is 28.4. The summed E-state index contributed by atoms with van der Waals surface area (Å²) in [6.07, 6.45) is -3.90. The molecule has 1 aromatic carbocycles. The van der Waals surface area contributed by atoms with Crippen molar-refractivity contribution in [1.82, 2.24) is 0 Å². The molecule has 19 heavy (non-hydrogen) atoms. The molecule has 0 heterocycles. The zero-order valence-electron chi connectivity index (χ0n) is 10.1. The first kappa shape index (κ1) is 14.2. The van der Waals surface area contributed by atoms with Crippen molar-refractivity contribution in [2.24, 2.45) is 11.7 Å². The molecule has 1 aromatic rings. The lowest BCUT2D eigenvalue weighted by Crippen LogP contribution is -2.45. The minimum Gasteiger partial charge on any atom is -0.321 e. The van der Waals surface area contributed by atoms with Crippen LogP contribution in [-0.2, 0) is 5.54 Å². The molecule has 0 amide bonds. The zero-order valence-corrected chi connectivity index (χ0v) is 10.1. The van der Waals surface area contributed by atoms with Crippen molar-refractivity contribution in [1.29, 1.82) is 0 Å². The second-order valence-corrected chi connectivity index (χ2v) is 5.12. The number of rotatable bonds is 1. The highest BCUT2D eigenvalue weighted by molar-refractivity contribution is 5.26. The molecule has 106 valence electrons. The standard InChI is InChI=1S/C13H14F5N/c14-10-4-3-8(6-11(10)15)12(19)5-1-2-9(7-12)13(16,17)18/h3-4,6,9H,1-2,5,7,19H2. The van der Waals surface area contributed by atoms with Crippen LogP contribution in [0.2, 0.25) is 0 Å². The molecule has 2 N–H and O–H groups in total. The van der Waals surface area contributed by atoms with Gasteiger partial charge in [-0.05, 0) is 37.0 Å². The molecule has 2 rings (SSSR count). The fourth-order valence-electron chi connectivity index (χ4n) is 2.66. The summed E-state index contributed by atoms with van der Waals surface area (Å²) in [7, 11) is 0. The van der Waals surface area contributed by atoms with E-state index in [0.29, 0.717) is 12.8 Å². The average Bonchev–Trinajstić information content (AvgIpc) is 2.31. The van der Waals surface area contributed by atoms with Crippen LogP contribution in [0.5, 0.6) is 0 Å². The van der Waals surface area contributed by atoms with Gasteiger partial charge in [-0.15, -0.1) is 0 Å². The second kappa shape index (κ2) is 4.74. The maximum atomic E-state index is 13.2. The van der Waals surface area contributed by atoms with E-state index in [4.69, 9.17) is 5.73 Å². The van der Waals surface area contributed by atoms with Crippen LogP contribution in [0.4, 0.5) is 22.0 Å². The molecule has 1 nitrogen and oxygen atoms in total. The van der Waals surface area contributed by atoms with Gasteiger partial charge in [0.2, 0.25) is 0 Å². The number of hydrogen-bond acceptors (Lipinski definition) is 1. The third kappa shape index (κ3) is 2.88. The second-order valence-electron chi connectivity index (χ2n) is 5.12. The van der Waals surface area contributed by atoms with Crippen LogP contribution in [0.1, 0.15) is 31.2 Å². The van der Waals surface area contributed by atoms with E-state index in [2.05, 4.69) is 0 Å². The summed E-state index contributed by atoms with van der Waals surface area (Å²) in [5.74, 6) is -3.61. The van der Waals surface area contributed by atoms with E-state index in [-0.39, 0.29) is 18.4 Å². The van der Waals surface area contributed by atoms with Crippen LogP contribution >= 0.6 is 0 Å². The lowest BCUT2D eigenvalue weighted by Gasteiger charge is -2.39. The van der Waals surface area contributed by atoms with Gasteiger partial charge in [-0.2, -0.15) is 13.2 Å². The molecule has 2 atom stereocenters. The third-order valence-corrected chi connectivity index (χ3v) is 3.74. The van der Waals surface area contributed by atoms with Gasteiger partial charge in [-0.25, -0.2) is 8.78 Å². The number of nitrogens with two attached hydrogens (primary N) is 1. The van der Waals surface area contributed by atoms with E-state index in [0.717, 1.165) is 12.1 Å². The van der Waals surface area contributed by atoms with E-state index in [1.807, 2.05) is 0 Å². The van der Waals surface area contributed by atoms with Gasteiger partial charge >= 0.3 is 6.18 Å². The highest BCUT2D eigenvalue weighted by Gasteiger charge is 2.46. The van der Waals surface area contributed by atoms with Crippen LogP contribution in [-0.4, -0.2) is 6.18 Å². The monoisotopic (exact) mass is 279 g/mol. The van der Waals surface area contributed by atoms with Gasteiger partial charge in [0.15, 0.2) is 11.6 Å². The Bertz CT molecular complexity index is 471. The zero-order chi connectivity index (χ0) is 14.3. The largest absolute Gasteiger partial charge is 0.391 e. The van der Waals surface area contributed by atoms with Crippen molar-refractivity contribution >= 4 is 0 Å². The Hall–Kier alpha value is -1.17. The number of halogens is 5. The molecule has 0 radical (unpaired) electrons. The van der Waals surface area contributed by atoms with Crippen LogP contribution in [0, 0.1) is 17.6 Å².